The zero-order valence-electron chi connectivity index (χ0n) is 15.7. The number of hydrogen-bond acceptors (Lipinski definition) is 5. The fraction of sp³-hybridized carbons (Fsp3) is 0.227. The van der Waals surface area contributed by atoms with Gasteiger partial charge in [-0.15, -0.1) is 0 Å². The Hall–Kier alpha value is -2.57. The Kier molecular flexibility index (Phi) is 7.70. The van der Waals surface area contributed by atoms with Crippen LogP contribution in [-0.4, -0.2) is 25.2 Å². The molecule has 0 amide bonds. The maximum absolute atomic E-state index is 5.97. The van der Waals surface area contributed by atoms with Gasteiger partial charge in [-0.3, -0.25) is 0 Å². The van der Waals surface area contributed by atoms with Crippen LogP contribution in [0.25, 0.3) is 0 Å². The molecule has 0 radical (unpaired) electrons. The van der Waals surface area contributed by atoms with Crippen molar-refractivity contribution in [2.45, 2.75) is 13.2 Å². The Labute approximate surface area is 173 Å². The van der Waals surface area contributed by atoms with Gasteiger partial charge in [-0.2, -0.15) is 0 Å². The van der Waals surface area contributed by atoms with Gasteiger partial charge >= 0.3 is 0 Å². The molecule has 146 valence electrons. The van der Waals surface area contributed by atoms with Crippen LogP contribution in [0.5, 0.6) is 17.4 Å². The number of methoxy groups -OCH3 is 1. The first-order valence-electron chi connectivity index (χ1n) is 9.04. The van der Waals surface area contributed by atoms with E-state index in [4.69, 9.17) is 14.2 Å². The molecule has 0 saturated carbocycles. The standard InChI is InChI=1S/C22H23BrN2O3/c1-26-20-14-18(15-24-11-12-27-21-9-5-6-10-25-21)13-19(23)22(20)28-16-17-7-3-2-4-8-17/h2-10,13-14,24H,11-12,15-16H2,1H3. The molecule has 0 saturated heterocycles. The summed E-state index contributed by atoms with van der Waals surface area (Å²) in [4.78, 5) is 4.13. The molecule has 6 heteroatoms. The first-order chi connectivity index (χ1) is 13.8. The van der Waals surface area contributed by atoms with Crippen LogP contribution in [0.1, 0.15) is 11.1 Å². The minimum Gasteiger partial charge on any atom is -0.493 e. The lowest BCUT2D eigenvalue weighted by atomic mass is 10.2. The molecule has 0 aliphatic carbocycles. The van der Waals surface area contributed by atoms with Crippen molar-refractivity contribution in [1.82, 2.24) is 10.3 Å². The van der Waals surface area contributed by atoms with Gasteiger partial charge in [0.25, 0.3) is 0 Å². The van der Waals surface area contributed by atoms with E-state index in [0.717, 1.165) is 15.6 Å². The lowest BCUT2D eigenvalue weighted by molar-refractivity contribution is 0.282. The molecule has 2 aromatic carbocycles. The molecule has 3 aromatic rings. The Morgan fingerprint density at radius 2 is 1.79 bits per heavy atom. The summed E-state index contributed by atoms with van der Waals surface area (Å²) in [7, 11) is 1.65. The van der Waals surface area contributed by atoms with Crippen LogP contribution in [0.3, 0.4) is 0 Å². The fourth-order valence-corrected chi connectivity index (χ4v) is 3.24. The van der Waals surface area contributed by atoms with Gasteiger partial charge in [-0.25, -0.2) is 4.98 Å². The monoisotopic (exact) mass is 442 g/mol. The number of aromatic nitrogens is 1. The van der Waals surface area contributed by atoms with Gasteiger partial charge in [0.15, 0.2) is 11.5 Å². The zero-order valence-corrected chi connectivity index (χ0v) is 17.3. The highest BCUT2D eigenvalue weighted by molar-refractivity contribution is 9.10. The van der Waals surface area contributed by atoms with Crippen LogP contribution in [0.4, 0.5) is 0 Å². The number of benzene rings is 2. The second-order valence-corrected chi connectivity index (χ2v) is 6.93. The average Bonchev–Trinajstić information content (AvgIpc) is 2.74. The summed E-state index contributed by atoms with van der Waals surface area (Å²) in [5.74, 6) is 2.04. The maximum Gasteiger partial charge on any atom is 0.213 e. The second kappa shape index (κ2) is 10.7. The van der Waals surface area contributed by atoms with Gasteiger partial charge in [0.05, 0.1) is 11.6 Å². The van der Waals surface area contributed by atoms with Crippen molar-refractivity contribution >= 4 is 15.9 Å². The molecule has 1 heterocycles. The molecule has 0 aliphatic rings. The molecule has 1 aromatic heterocycles. The Balaban J connectivity index is 1.52. The number of pyridine rings is 1. The van der Waals surface area contributed by atoms with Gasteiger partial charge < -0.3 is 19.5 Å². The molecule has 1 N–H and O–H groups in total. The minimum absolute atomic E-state index is 0.484. The molecule has 3 rings (SSSR count). The van der Waals surface area contributed by atoms with E-state index in [1.807, 2.05) is 60.7 Å². The van der Waals surface area contributed by atoms with Crippen LogP contribution in [0, 0.1) is 0 Å². The van der Waals surface area contributed by atoms with E-state index in [1.54, 1.807) is 13.3 Å². The SMILES string of the molecule is COc1cc(CNCCOc2ccccn2)cc(Br)c1OCc1ccccc1. The van der Waals surface area contributed by atoms with Gasteiger partial charge in [-0.1, -0.05) is 36.4 Å². The van der Waals surface area contributed by atoms with E-state index in [9.17, 15) is 0 Å². The molecule has 0 unspecified atom stereocenters. The first-order valence-corrected chi connectivity index (χ1v) is 9.83. The summed E-state index contributed by atoms with van der Waals surface area (Å²) in [5.41, 5.74) is 2.20. The minimum atomic E-state index is 0.484. The fourth-order valence-electron chi connectivity index (χ4n) is 2.64. The van der Waals surface area contributed by atoms with Gasteiger partial charge in [0.2, 0.25) is 5.88 Å². The van der Waals surface area contributed by atoms with Gasteiger partial charge in [0, 0.05) is 25.4 Å². The maximum atomic E-state index is 5.97. The highest BCUT2D eigenvalue weighted by Crippen LogP contribution is 2.37. The summed E-state index contributed by atoms with van der Waals surface area (Å²) in [6.45, 7) is 2.44. The topological polar surface area (TPSA) is 52.6 Å². The third kappa shape index (κ3) is 5.97. The van der Waals surface area contributed by atoms with Crippen molar-refractivity contribution in [3.63, 3.8) is 0 Å². The number of halogens is 1. The van der Waals surface area contributed by atoms with Crippen LogP contribution in [0.15, 0.2) is 71.3 Å². The van der Waals surface area contributed by atoms with Crippen LogP contribution in [-0.2, 0) is 13.2 Å². The van der Waals surface area contributed by atoms with E-state index in [1.165, 1.54) is 0 Å². The molecule has 0 spiro atoms. The second-order valence-electron chi connectivity index (χ2n) is 6.08. The highest BCUT2D eigenvalue weighted by atomic mass is 79.9. The third-order valence-corrected chi connectivity index (χ3v) is 4.60. The van der Waals surface area contributed by atoms with E-state index in [2.05, 4.69) is 26.2 Å². The number of nitrogens with one attached hydrogen (secondary N) is 1. The molecular formula is C22H23BrN2O3. The molecule has 0 atom stereocenters. The normalized spacial score (nSPS) is 10.5. The van der Waals surface area contributed by atoms with E-state index in [0.29, 0.717) is 43.7 Å². The van der Waals surface area contributed by atoms with E-state index in [-0.39, 0.29) is 0 Å². The van der Waals surface area contributed by atoms with Crippen LogP contribution >= 0.6 is 15.9 Å². The van der Waals surface area contributed by atoms with Crippen LogP contribution in [0.2, 0.25) is 0 Å². The van der Waals surface area contributed by atoms with Crippen molar-refractivity contribution < 1.29 is 14.2 Å². The third-order valence-electron chi connectivity index (χ3n) is 4.01. The molecule has 0 fully saturated rings. The Morgan fingerprint density at radius 1 is 0.964 bits per heavy atom. The largest absolute Gasteiger partial charge is 0.493 e. The zero-order chi connectivity index (χ0) is 19.6. The smallest absolute Gasteiger partial charge is 0.213 e. The quantitative estimate of drug-likeness (QED) is 0.465. The number of rotatable bonds is 10. The molecule has 28 heavy (non-hydrogen) atoms. The Morgan fingerprint density at radius 3 is 2.54 bits per heavy atom. The van der Waals surface area contributed by atoms with Crippen molar-refractivity contribution in [2.75, 3.05) is 20.3 Å². The summed E-state index contributed by atoms with van der Waals surface area (Å²) < 4.78 is 17.9. The Bertz CT molecular complexity index is 860. The summed E-state index contributed by atoms with van der Waals surface area (Å²) >= 11 is 3.60. The predicted molar refractivity (Wildman–Crippen MR) is 113 cm³/mol. The molecule has 5 nitrogen and oxygen atoms in total. The summed E-state index contributed by atoms with van der Waals surface area (Å²) in [6, 6.07) is 19.7. The molecular weight excluding hydrogens is 420 g/mol. The summed E-state index contributed by atoms with van der Waals surface area (Å²) in [6.07, 6.45) is 1.72. The average molecular weight is 443 g/mol. The van der Waals surface area contributed by atoms with E-state index >= 15 is 0 Å². The molecule has 0 bridgehead atoms. The summed E-state index contributed by atoms with van der Waals surface area (Å²) in [5, 5.41) is 3.36. The van der Waals surface area contributed by atoms with Crippen LogP contribution < -0.4 is 19.5 Å². The number of hydrogen-bond donors (Lipinski definition) is 1. The van der Waals surface area contributed by atoms with Gasteiger partial charge in [-0.05, 0) is 45.3 Å². The van der Waals surface area contributed by atoms with E-state index < -0.39 is 0 Å². The van der Waals surface area contributed by atoms with Crippen molar-refractivity contribution in [2.24, 2.45) is 0 Å². The molecule has 0 aliphatic heterocycles. The number of nitrogens with zero attached hydrogens (tertiary/aromatic N) is 1. The first kappa shape index (κ1) is 20.2. The lowest BCUT2D eigenvalue weighted by Gasteiger charge is -2.15. The van der Waals surface area contributed by atoms with Crippen molar-refractivity contribution in [1.29, 1.82) is 0 Å². The highest BCUT2D eigenvalue weighted by Gasteiger charge is 2.12. The van der Waals surface area contributed by atoms with Gasteiger partial charge in [0.1, 0.15) is 13.2 Å². The lowest BCUT2D eigenvalue weighted by Crippen LogP contribution is -2.20. The number of ether oxygens (including phenoxy) is 3. The predicted octanol–water partition coefficient (Wildman–Crippen LogP) is 4.60. The van der Waals surface area contributed by atoms with Crippen molar-refractivity contribution in [3.8, 4) is 17.4 Å². The van der Waals surface area contributed by atoms with Crippen molar-refractivity contribution in [3.05, 3.63) is 82.5 Å².